The fourth-order valence-electron chi connectivity index (χ4n) is 3.87. The van der Waals surface area contributed by atoms with E-state index in [1.807, 2.05) is 30.3 Å². The van der Waals surface area contributed by atoms with E-state index in [0.29, 0.717) is 11.3 Å². The van der Waals surface area contributed by atoms with Gasteiger partial charge in [0.2, 0.25) is 0 Å². The summed E-state index contributed by atoms with van der Waals surface area (Å²) in [6.07, 6.45) is 5.75. The number of pyridine rings is 1. The molecule has 1 N–H and O–H groups in total. The van der Waals surface area contributed by atoms with Crippen molar-refractivity contribution < 1.29 is 5.11 Å². The van der Waals surface area contributed by atoms with E-state index in [9.17, 15) is 5.11 Å². The molecule has 0 aliphatic rings. The molecule has 0 radical (unpaired) electrons. The molecule has 2 rings (SSSR count). The van der Waals surface area contributed by atoms with E-state index in [1.54, 1.807) is 6.20 Å². The molecular weight excluding hydrogens is 282 g/mol. The highest BCUT2D eigenvalue weighted by Crippen LogP contribution is 2.43. The number of nitrogens with zero attached hydrogens (tertiary/aromatic N) is 1. The van der Waals surface area contributed by atoms with E-state index >= 15 is 0 Å². The van der Waals surface area contributed by atoms with Gasteiger partial charge in [-0.1, -0.05) is 58.9 Å². The molecule has 0 aliphatic heterocycles. The Balaban J connectivity index is 2.35. The minimum Gasteiger partial charge on any atom is -0.505 e. The normalized spacial score (nSPS) is 14.0. The Labute approximate surface area is 140 Å². The van der Waals surface area contributed by atoms with Crippen LogP contribution < -0.4 is 0 Å². The zero-order valence-corrected chi connectivity index (χ0v) is 15.1. The second-order valence-electron chi connectivity index (χ2n) is 8.53. The lowest BCUT2D eigenvalue weighted by Gasteiger charge is -2.35. The molecule has 2 nitrogen and oxygen atoms in total. The van der Waals surface area contributed by atoms with Crippen molar-refractivity contribution >= 4 is 10.9 Å². The fraction of sp³-hybridized carbons (Fsp3) is 0.476. The number of aromatic nitrogens is 1. The van der Waals surface area contributed by atoms with E-state index < -0.39 is 0 Å². The van der Waals surface area contributed by atoms with Crippen LogP contribution in [-0.4, -0.2) is 10.1 Å². The number of aromatic hydroxyl groups is 1. The highest BCUT2D eigenvalue weighted by molar-refractivity contribution is 5.85. The molecule has 0 fully saturated rings. The number of phenols is 1. The van der Waals surface area contributed by atoms with Gasteiger partial charge in [0.05, 0.1) is 0 Å². The van der Waals surface area contributed by atoms with Gasteiger partial charge in [0.15, 0.2) is 0 Å². The Bertz CT molecular complexity index is 695. The third-order valence-electron chi connectivity index (χ3n) is 4.24. The van der Waals surface area contributed by atoms with Gasteiger partial charge in [0.25, 0.3) is 0 Å². The maximum atomic E-state index is 10.7. The molecule has 0 saturated heterocycles. The first-order chi connectivity index (χ1) is 10.6. The number of phenolic OH excluding ortho intramolecular Hbond substituents is 1. The largest absolute Gasteiger partial charge is 0.505 e. The number of fused-ring (bicyclic) bond motifs is 1. The van der Waals surface area contributed by atoms with Gasteiger partial charge in [-0.15, -0.1) is 6.58 Å². The number of hydrogen-bond acceptors (Lipinski definition) is 2. The highest BCUT2D eigenvalue weighted by atomic mass is 16.3. The SMILES string of the molecule is C=C[C@@H](CC(C)(C)CC(C)(C)C)c1ccc2cccnc2c1O. The third-order valence-corrected chi connectivity index (χ3v) is 4.24. The van der Waals surface area contributed by atoms with Crippen molar-refractivity contribution in [1.29, 1.82) is 0 Å². The molecule has 1 heterocycles. The Morgan fingerprint density at radius 1 is 1.17 bits per heavy atom. The predicted octanol–water partition coefficient (Wildman–Crippen LogP) is 6.06. The number of benzene rings is 1. The van der Waals surface area contributed by atoms with Crippen LogP contribution in [0, 0.1) is 10.8 Å². The first-order valence-corrected chi connectivity index (χ1v) is 8.32. The summed E-state index contributed by atoms with van der Waals surface area (Å²) >= 11 is 0. The van der Waals surface area contributed by atoms with Crippen LogP contribution in [0.15, 0.2) is 43.1 Å². The van der Waals surface area contributed by atoms with Gasteiger partial charge in [-0.05, 0) is 29.7 Å². The maximum absolute atomic E-state index is 10.7. The van der Waals surface area contributed by atoms with Gasteiger partial charge in [-0.3, -0.25) is 4.98 Å². The summed E-state index contributed by atoms with van der Waals surface area (Å²) in [5, 5.41) is 11.6. The van der Waals surface area contributed by atoms with Gasteiger partial charge < -0.3 is 5.11 Å². The molecule has 1 aromatic heterocycles. The van der Waals surface area contributed by atoms with Gasteiger partial charge in [0.1, 0.15) is 11.3 Å². The Morgan fingerprint density at radius 3 is 2.48 bits per heavy atom. The van der Waals surface area contributed by atoms with Gasteiger partial charge >= 0.3 is 0 Å². The molecule has 1 aromatic carbocycles. The lowest BCUT2D eigenvalue weighted by Crippen LogP contribution is -2.22. The predicted molar refractivity (Wildman–Crippen MR) is 98.8 cm³/mol. The molecule has 0 bridgehead atoms. The van der Waals surface area contributed by atoms with Crippen LogP contribution >= 0.6 is 0 Å². The molecular formula is C21H29NO. The van der Waals surface area contributed by atoms with E-state index in [1.165, 1.54) is 0 Å². The van der Waals surface area contributed by atoms with E-state index in [0.717, 1.165) is 23.8 Å². The van der Waals surface area contributed by atoms with Crippen molar-refractivity contribution in [3.63, 3.8) is 0 Å². The summed E-state index contributed by atoms with van der Waals surface area (Å²) in [4.78, 5) is 4.33. The number of rotatable bonds is 5. The van der Waals surface area contributed by atoms with E-state index in [2.05, 4.69) is 46.2 Å². The van der Waals surface area contributed by atoms with Crippen LogP contribution in [0.4, 0.5) is 0 Å². The molecule has 0 spiro atoms. The quantitative estimate of drug-likeness (QED) is 0.680. The summed E-state index contributed by atoms with van der Waals surface area (Å²) in [7, 11) is 0. The maximum Gasteiger partial charge on any atom is 0.145 e. The van der Waals surface area contributed by atoms with Crippen molar-refractivity contribution in [2.75, 3.05) is 0 Å². The zero-order valence-electron chi connectivity index (χ0n) is 15.1. The molecule has 0 unspecified atom stereocenters. The first-order valence-electron chi connectivity index (χ1n) is 8.32. The highest BCUT2D eigenvalue weighted by Gasteiger charge is 2.29. The van der Waals surface area contributed by atoms with Crippen LogP contribution in [0.2, 0.25) is 0 Å². The summed E-state index contributed by atoms with van der Waals surface area (Å²) < 4.78 is 0. The van der Waals surface area contributed by atoms with Crippen molar-refractivity contribution in [2.45, 2.75) is 53.4 Å². The summed E-state index contributed by atoms with van der Waals surface area (Å²) in [6.45, 7) is 15.4. The molecule has 124 valence electrons. The van der Waals surface area contributed by atoms with Crippen LogP contribution in [0.3, 0.4) is 0 Å². The van der Waals surface area contributed by atoms with E-state index in [4.69, 9.17) is 0 Å². The summed E-state index contributed by atoms with van der Waals surface area (Å²) in [5.74, 6) is 0.415. The minimum absolute atomic E-state index is 0.124. The average Bonchev–Trinajstić information content (AvgIpc) is 2.43. The Hall–Kier alpha value is -1.83. The third kappa shape index (κ3) is 4.34. The number of hydrogen-bond donors (Lipinski definition) is 1. The summed E-state index contributed by atoms with van der Waals surface area (Å²) in [6, 6.07) is 7.90. The lowest BCUT2D eigenvalue weighted by atomic mass is 9.70. The summed E-state index contributed by atoms with van der Waals surface area (Å²) in [5.41, 5.74) is 2.05. The van der Waals surface area contributed by atoms with Crippen molar-refractivity contribution in [2.24, 2.45) is 10.8 Å². The lowest BCUT2D eigenvalue weighted by molar-refractivity contribution is 0.193. The van der Waals surface area contributed by atoms with Crippen molar-refractivity contribution in [3.05, 3.63) is 48.7 Å². The molecule has 23 heavy (non-hydrogen) atoms. The fourth-order valence-corrected chi connectivity index (χ4v) is 3.87. The average molecular weight is 311 g/mol. The molecule has 2 heteroatoms. The molecule has 0 aliphatic carbocycles. The van der Waals surface area contributed by atoms with Crippen molar-refractivity contribution in [3.8, 4) is 5.75 Å². The topological polar surface area (TPSA) is 33.1 Å². The minimum atomic E-state index is 0.124. The van der Waals surface area contributed by atoms with Crippen molar-refractivity contribution in [1.82, 2.24) is 4.98 Å². The smallest absolute Gasteiger partial charge is 0.145 e. The standard InChI is InChI=1S/C21H29NO/c1-7-15(13-21(5,6)14-20(2,3)4)17-11-10-16-9-8-12-22-18(16)19(17)23/h7-12,15,23H,1,13-14H2,2-6H3/t15-/m0/s1. The molecule has 0 saturated carbocycles. The van der Waals surface area contributed by atoms with Crippen LogP contribution in [0.1, 0.15) is 58.9 Å². The monoisotopic (exact) mass is 311 g/mol. The number of allylic oxidation sites excluding steroid dienone is 1. The van der Waals surface area contributed by atoms with Crippen LogP contribution in [0.5, 0.6) is 5.75 Å². The van der Waals surface area contributed by atoms with Gasteiger partial charge in [0, 0.05) is 23.1 Å². The zero-order chi connectivity index (χ0) is 17.3. The van der Waals surface area contributed by atoms with Crippen LogP contribution in [-0.2, 0) is 0 Å². The molecule has 1 atom stereocenters. The Morgan fingerprint density at radius 2 is 1.87 bits per heavy atom. The van der Waals surface area contributed by atoms with Gasteiger partial charge in [-0.25, -0.2) is 0 Å². The molecule has 2 aromatic rings. The Kier molecular flexibility index (Phi) is 4.84. The first kappa shape index (κ1) is 17.5. The second kappa shape index (κ2) is 6.35. The second-order valence-corrected chi connectivity index (χ2v) is 8.53. The van der Waals surface area contributed by atoms with Gasteiger partial charge in [-0.2, -0.15) is 0 Å². The molecule has 0 amide bonds. The van der Waals surface area contributed by atoms with E-state index in [-0.39, 0.29) is 16.7 Å². The van der Waals surface area contributed by atoms with Crippen LogP contribution in [0.25, 0.3) is 10.9 Å².